The highest BCUT2D eigenvalue weighted by Crippen LogP contribution is 2.65. The number of hydrogen-bond acceptors (Lipinski definition) is 6. The minimum atomic E-state index is -5.24. The first-order valence-electron chi connectivity index (χ1n) is 14.8. The number of Topliss-reactive ketones (excluding diaryl/α,β-unsaturated/α-hetero) is 1. The smallest absolute Gasteiger partial charge is 0.471 e. The lowest BCUT2D eigenvalue weighted by Gasteiger charge is -2.35. The molecular formula is C30H36F6N4O6. The molecule has 16 heteroatoms. The van der Waals surface area contributed by atoms with E-state index in [0.717, 1.165) is 17.0 Å². The highest BCUT2D eigenvalue weighted by molar-refractivity contribution is 5.97. The molecule has 3 fully saturated rings. The number of likely N-dealkylation sites (tertiary alicyclic amines) is 1. The summed E-state index contributed by atoms with van der Waals surface area (Å²) < 4.78 is 83.8. The zero-order valence-electron chi connectivity index (χ0n) is 25.6. The number of amides is 4. The summed E-state index contributed by atoms with van der Waals surface area (Å²) >= 11 is 0. The van der Waals surface area contributed by atoms with Crippen LogP contribution in [0, 0.1) is 29.1 Å². The van der Waals surface area contributed by atoms with Crippen LogP contribution in [0.5, 0.6) is 5.75 Å². The molecule has 4 rings (SSSR count). The maximum absolute atomic E-state index is 13.9. The predicted octanol–water partition coefficient (Wildman–Crippen LogP) is 2.85. The molecule has 0 unspecified atom stereocenters. The zero-order chi connectivity index (χ0) is 34.4. The zero-order valence-corrected chi connectivity index (χ0v) is 25.6. The maximum atomic E-state index is 13.9. The van der Waals surface area contributed by atoms with Crippen molar-refractivity contribution in [3.63, 3.8) is 0 Å². The number of alkyl halides is 6. The highest BCUT2D eigenvalue weighted by Gasteiger charge is 2.69. The topological polar surface area (TPSA) is 134 Å². The molecule has 46 heavy (non-hydrogen) atoms. The molecule has 0 spiro atoms. The Morgan fingerprint density at radius 1 is 1.09 bits per heavy atom. The van der Waals surface area contributed by atoms with Crippen LogP contribution in [0.2, 0.25) is 0 Å². The number of ether oxygens (including phenoxy) is 1. The molecule has 1 saturated carbocycles. The predicted molar refractivity (Wildman–Crippen MR) is 149 cm³/mol. The maximum Gasteiger partial charge on any atom is 0.471 e. The molecule has 4 amide bonds. The minimum absolute atomic E-state index is 0.0298. The van der Waals surface area contributed by atoms with Crippen LogP contribution in [-0.2, 0) is 30.1 Å². The summed E-state index contributed by atoms with van der Waals surface area (Å²) in [7, 11) is 0. The van der Waals surface area contributed by atoms with Crippen molar-refractivity contribution in [3.8, 4) is 5.75 Å². The molecule has 6 atom stereocenters. The van der Waals surface area contributed by atoms with Gasteiger partial charge < -0.3 is 25.6 Å². The first-order valence-corrected chi connectivity index (χ1v) is 14.8. The van der Waals surface area contributed by atoms with Crippen molar-refractivity contribution in [1.82, 2.24) is 20.9 Å². The van der Waals surface area contributed by atoms with Crippen molar-refractivity contribution in [1.29, 1.82) is 0 Å². The summed E-state index contributed by atoms with van der Waals surface area (Å²) in [6, 6.07) is -0.261. The van der Waals surface area contributed by atoms with Crippen LogP contribution in [0.4, 0.5) is 26.3 Å². The Morgan fingerprint density at radius 3 is 2.33 bits per heavy atom. The molecule has 1 aliphatic carbocycles. The third kappa shape index (κ3) is 7.41. The number of hydrogen-bond donors (Lipinski definition) is 3. The Balaban J connectivity index is 1.55. The van der Waals surface area contributed by atoms with E-state index in [4.69, 9.17) is 4.74 Å². The molecular weight excluding hydrogens is 626 g/mol. The van der Waals surface area contributed by atoms with Crippen molar-refractivity contribution in [3.05, 3.63) is 29.8 Å². The molecule has 0 bridgehead atoms. The summed E-state index contributed by atoms with van der Waals surface area (Å²) in [5, 5.41) is 6.96. The van der Waals surface area contributed by atoms with Gasteiger partial charge in [-0.05, 0) is 54.2 Å². The normalized spacial score (nSPS) is 24.9. The lowest BCUT2D eigenvalue weighted by Crippen LogP contribution is -2.59. The van der Waals surface area contributed by atoms with Gasteiger partial charge in [0.15, 0.2) is 5.78 Å². The van der Waals surface area contributed by atoms with Gasteiger partial charge in [-0.3, -0.25) is 24.0 Å². The number of ketones is 1. The summed E-state index contributed by atoms with van der Waals surface area (Å²) in [5.74, 6) is -7.35. The van der Waals surface area contributed by atoms with E-state index in [1.165, 1.54) is 19.9 Å². The quantitative estimate of drug-likeness (QED) is 0.312. The minimum Gasteiger partial charge on any atom is -0.486 e. The van der Waals surface area contributed by atoms with Gasteiger partial charge in [0, 0.05) is 19.0 Å². The average Bonchev–Trinajstić information content (AvgIpc) is 3.30. The Kier molecular flexibility index (Phi) is 9.70. The summed E-state index contributed by atoms with van der Waals surface area (Å²) in [4.78, 5) is 66.0. The fourth-order valence-electron chi connectivity index (χ4n) is 6.43. The molecule has 3 N–H and O–H groups in total. The average molecular weight is 663 g/mol. The van der Waals surface area contributed by atoms with Crippen molar-refractivity contribution in [2.24, 2.45) is 29.1 Å². The number of nitrogens with zero attached hydrogens (tertiary/aromatic N) is 1. The second-order valence-corrected chi connectivity index (χ2v) is 12.9. The van der Waals surface area contributed by atoms with Gasteiger partial charge in [0.1, 0.15) is 24.4 Å². The van der Waals surface area contributed by atoms with E-state index in [2.05, 4.69) is 10.6 Å². The van der Waals surface area contributed by atoms with Gasteiger partial charge in [-0.2, -0.15) is 26.3 Å². The van der Waals surface area contributed by atoms with Crippen LogP contribution in [0.25, 0.3) is 0 Å². The molecule has 10 nitrogen and oxygen atoms in total. The van der Waals surface area contributed by atoms with E-state index < -0.39 is 89.3 Å². The van der Waals surface area contributed by atoms with Crippen LogP contribution in [-0.4, -0.2) is 78.3 Å². The third-order valence-corrected chi connectivity index (χ3v) is 9.17. The number of carbonyl (C=O) groups excluding carboxylic acids is 5. The second-order valence-electron chi connectivity index (χ2n) is 12.9. The molecule has 1 aromatic rings. The van der Waals surface area contributed by atoms with Gasteiger partial charge in [0.25, 0.3) is 0 Å². The van der Waals surface area contributed by atoms with E-state index in [-0.39, 0.29) is 30.5 Å². The number of halogens is 6. The number of nitrogens with one attached hydrogen (secondary N) is 3. The molecule has 2 heterocycles. The Bertz CT molecular complexity index is 1380. The van der Waals surface area contributed by atoms with Gasteiger partial charge in [0.2, 0.25) is 17.7 Å². The number of piperidine rings is 1. The summed E-state index contributed by atoms with van der Waals surface area (Å²) in [6.07, 6.45) is -9.70. The van der Waals surface area contributed by atoms with Crippen LogP contribution in [0.1, 0.15) is 46.1 Å². The highest BCUT2D eigenvalue weighted by atomic mass is 19.4. The first kappa shape index (κ1) is 35.0. The first-order chi connectivity index (χ1) is 21.2. The number of rotatable bonds is 11. The van der Waals surface area contributed by atoms with Gasteiger partial charge in [0.05, 0.1) is 11.6 Å². The van der Waals surface area contributed by atoms with Crippen molar-refractivity contribution in [2.75, 3.05) is 19.7 Å². The fraction of sp³-hybridized carbons (Fsp3) is 0.633. The van der Waals surface area contributed by atoms with Gasteiger partial charge >= 0.3 is 18.3 Å². The second kappa shape index (κ2) is 12.7. The lowest BCUT2D eigenvalue weighted by molar-refractivity contribution is -0.175. The van der Waals surface area contributed by atoms with Crippen LogP contribution >= 0.6 is 0 Å². The fourth-order valence-corrected chi connectivity index (χ4v) is 6.43. The van der Waals surface area contributed by atoms with E-state index in [1.807, 2.05) is 13.8 Å². The molecule has 0 radical (unpaired) electrons. The van der Waals surface area contributed by atoms with Gasteiger partial charge in [-0.15, -0.1) is 0 Å². The Morgan fingerprint density at radius 2 is 1.76 bits per heavy atom. The summed E-state index contributed by atoms with van der Waals surface area (Å²) in [5.41, 5.74) is -1.41. The molecule has 3 aliphatic rings. The monoisotopic (exact) mass is 662 g/mol. The Hall–Kier alpha value is -3.85. The largest absolute Gasteiger partial charge is 0.486 e. The van der Waals surface area contributed by atoms with Crippen molar-refractivity contribution in [2.45, 2.75) is 71.0 Å². The Labute approximate surface area is 260 Å². The molecule has 1 aromatic carbocycles. The number of fused-ring (bicyclic) bond motifs is 1. The van der Waals surface area contributed by atoms with Crippen LogP contribution in [0.15, 0.2) is 24.3 Å². The van der Waals surface area contributed by atoms with E-state index >= 15 is 0 Å². The lowest BCUT2D eigenvalue weighted by atomic mass is 9.94. The van der Waals surface area contributed by atoms with Gasteiger partial charge in [-0.1, -0.05) is 33.8 Å². The van der Waals surface area contributed by atoms with E-state index in [9.17, 15) is 50.3 Å². The molecule has 2 aliphatic heterocycles. The van der Waals surface area contributed by atoms with E-state index in [0.29, 0.717) is 19.0 Å². The summed E-state index contributed by atoms with van der Waals surface area (Å²) in [6.45, 7) is 6.24. The number of carbonyl (C=O) groups is 5. The molecule has 254 valence electrons. The van der Waals surface area contributed by atoms with Crippen LogP contribution < -0.4 is 20.7 Å². The van der Waals surface area contributed by atoms with Crippen LogP contribution in [0.3, 0.4) is 0 Å². The molecule has 0 aromatic heterocycles. The molecule has 2 saturated heterocycles. The standard InChI is InChI=1S/C30H36F6N4O6/c1-14(2)22(39-27(45)30(34,35)36)26(44)40-12-18-21(28(18,3)4)23(40)25(43)38-19(10-15-8-9-37-24(15)42)20(41)13-46-17-7-5-6-16(11-17)29(31,32)33/h5-7,11,14-15,18-19,21-23H,8-10,12-13H2,1-4H3,(H,37,42)(H,38,43)(H,39,45)/t15-,18-,19-,21-,22-,23-/m0/s1. The van der Waals surface area contributed by atoms with Crippen molar-refractivity contribution >= 4 is 29.4 Å². The SMILES string of the molecule is CC(C)[C@H](NC(=O)C(F)(F)F)C(=O)N1C[C@H]2[C@@H]([C@H]1C(=O)N[C@@H](C[C@@H]1CCNC1=O)C(=O)COc1cccc(C(F)(F)F)c1)C2(C)C. The third-order valence-electron chi connectivity index (χ3n) is 9.17. The number of benzene rings is 1. The van der Waals surface area contributed by atoms with Gasteiger partial charge in [-0.25, -0.2) is 0 Å². The van der Waals surface area contributed by atoms with E-state index in [1.54, 1.807) is 5.32 Å². The van der Waals surface area contributed by atoms with Crippen molar-refractivity contribution < 1.29 is 55.1 Å².